The van der Waals surface area contributed by atoms with Crippen molar-refractivity contribution < 1.29 is 9.47 Å². The van der Waals surface area contributed by atoms with Crippen LogP contribution in [-0.4, -0.2) is 31.0 Å². The zero-order chi connectivity index (χ0) is 16.5. The highest BCUT2D eigenvalue weighted by molar-refractivity contribution is 7.98. The van der Waals surface area contributed by atoms with Crippen LogP contribution in [0.4, 0.5) is 0 Å². The van der Waals surface area contributed by atoms with E-state index in [4.69, 9.17) is 21.1 Å². The summed E-state index contributed by atoms with van der Waals surface area (Å²) >= 11 is 8.70. The van der Waals surface area contributed by atoms with Gasteiger partial charge in [-0.25, -0.2) is 0 Å². The van der Waals surface area contributed by atoms with Crippen molar-refractivity contribution in [1.29, 1.82) is 0 Å². The fourth-order valence-corrected chi connectivity index (χ4v) is 3.95. The predicted octanol–water partition coefficient (Wildman–Crippen LogP) is 3.12. The maximum absolute atomic E-state index is 6.02. The normalized spacial score (nSPS) is 16.3. The molecule has 1 aliphatic heterocycles. The first kappa shape index (κ1) is 15.7. The molecule has 0 saturated heterocycles. The number of aromatic nitrogens is 5. The number of benzene rings is 1. The van der Waals surface area contributed by atoms with E-state index >= 15 is 0 Å². The summed E-state index contributed by atoms with van der Waals surface area (Å²) in [5.74, 6) is 2.77. The number of thioether (sulfide) groups is 1. The van der Waals surface area contributed by atoms with E-state index in [0.717, 1.165) is 22.4 Å². The summed E-state index contributed by atoms with van der Waals surface area (Å²) in [7, 11) is 1.91. The van der Waals surface area contributed by atoms with Gasteiger partial charge < -0.3 is 14.0 Å². The van der Waals surface area contributed by atoms with Crippen LogP contribution in [0.5, 0.6) is 11.5 Å². The summed E-state index contributed by atoms with van der Waals surface area (Å²) < 4.78 is 18.1. The van der Waals surface area contributed by atoms with Crippen LogP contribution in [-0.2, 0) is 12.8 Å². The molecule has 0 N–H and O–H groups in total. The molecule has 2 aromatic heterocycles. The van der Waals surface area contributed by atoms with Crippen molar-refractivity contribution in [3.63, 3.8) is 0 Å². The fraction of sp³-hybridized carbons (Fsp3) is 0.286. The molecule has 124 valence electrons. The SMILES string of the molecule is Cn1c(SCc2nnsc2Cl)nnc1[C@@H]1COc2ccccc2O1. The van der Waals surface area contributed by atoms with Crippen LogP contribution in [0, 0.1) is 0 Å². The van der Waals surface area contributed by atoms with Gasteiger partial charge in [-0.3, -0.25) is 0 Å². The molecule has 0 spiro atoms. The molecule has 0 bridgehead atoms. The van der Waals surface area contributed by atoms with E-state index in [1.54, 1.807) is 0 Å². The third-order valence-electron chi connectivity index (χ3n) is 3.51. The Morgan fingerprint density at radius 2 is 2.12 bits per heavy atom. The van der Waals surface area contributed by atoms with Crippen LogP contribution < -0.4 is 9.47 Å². The smallest absolute Gasteiger partial charge is 0.192 e. The first-order valence-corrected chi connectivity index (χ1v) is 9.23. The lowest BCUT2D eigenvalue weighted by Crippen LogP contribution is -2.24. The van der Waals surface area contributed by atoms with E-state index in [1.165, 1.54) is 23.3 Å². The van der Waals surface area contributed by atoms with Gasteiger partial charge in [0.2, 0.25) is 0 Å². The highest BCUT2D eigenvalue weighted by Crippen LogP contribution is 2.36. The van der Waals surface area contributed by atoms with Crippen LogP contribution >= 0.6 is 34.9 Å². The van der Waals surface area contributed by atoms with Crippen LogP contribution in [0.15, 0.2) is 29.4 Å². The molecule has 0 fully saturated rings. The Labute approximate surface area is 151 Å². The highest BCUT2D eigenvalue weighted by Gasteiger charge is 2.27. The molecule has 3 aromatic rings. The van der Waals surface area contributed by atoms with E-state index in [1.807, 2.05) is 35.9 Å². The monoisotopic (exact) mass is 381 g/mol. The first-order valence-electron chi connectivity index (χ1n) is 7.09. The summed E-state index contributed by atoms with van der Waals surface area (Å²) in [6.45, 7) is 0.398. The van der Waals surface area contributed by atoms with Crippen molar-refractivity contribution in [3.05, 3.63) is 40.1 Å². The molecule has 7 nitrogen and oxygen atoms in total. The number of ether oxygens (including phenoxy) is 2. The Morgan fingerprint density at radius 1 is 1.29 bits per heavy atom. The van der Waals surface area contributed by atoms with Gasteiger partial charge in [0.15, 0.2) is 28.6 Å². The molecule has 4 rings (SSSR count). The zero-order valence-electron chi connectivity index (χ0n) is 12.5. The molecule has 0 aliphatic carbocycles. The highest BCUT2D eigenvalue weighted by atomic mass is 35.5. The molecule has 24 heavy (non-hydrogen) atoms. The average molecular weight is 382 g/mol. The number of para-hydroxylation sites is 2. The van der Waals surface area contributed by atoms with Gasteiger partial charge in [-0.05, 0) is 12.1 Å². The summed E-state index contributed by atoms with van der Waals surface area (Å²) in [5.41, 5.74) is 0.752. The number of rotatable bonds is 4. The minimum absolute atomic E-state index is 0.295. The summed E-state index contributed by atoms with van der Waals surface area (Å²) in [6.07, 6.45) is -0.295. The van der Waals surface area contributed by atoms with Crippen LogP contribution in [0.2, 0.25) is 4.34 Å². The second kappa shape index (κ2) is 6.58. The van der Waals surface area contributed by atoms with Gasteiger partial charge >= 0.3 is 0 Å². The number of halogens is 1. The molecule has 10 heteroatoms. The topological polar surface area (TPSA) is 75.0 Å². The second-order valence-electron chi connectivity index (χ2n) is 5.05. The van der Waals surface area contributed by atoms with Gasteiger partial charge in [-0.1, -0.05) is 40.0 Å². The van der Waals surface area contributed by atoms with Crippen molar-refractivity contribution in [1.82, 2.24) is 24.4 Å². The van der Waals surface area contributed by atoms with Gasteiger partial charge in [0, 0.05) is 24.3 Å². The van der Waals surface area contributed by atoms with Crippen LogP contribution in [0.1, 0.15) is 17.6 Å². The lowest BCUT2D eigenvalue weighted by molar-refractivity contribution is 0.0825. The second-order valence-corrected chi connectivity index (χ2v) is 7.34. The Morgan fingerprint density at radius 3 is 2.92 bits per heavy atom. The zero-order valence-corrected chi connectivity index (χ0v) is 14.9. The molecule has 0 amide bonds. The summed E-state index contributed by atoms with van der Waals surface area (Å²) in [6, 6.07) is 7.59. The Hall–Kier alpha value is -1.84. The number of hydrogen-bond acceptors (Lipinski definition) is 8. The molecule has 0 saturated carbocycles. The van der Waals surface area contributed by atoms with Crippen molar-refractivity contribution in [2.75, 3.05) is 6.61 Å². The molecule has 0 unspecified atom stereocenters. The predicted molar refractivity (Wildman–Crippen MR) is 90.8 cm³/mol. The summed E-state index contributed by atoms with van der Waals surface area (Å²) in [5, 5.41) is 13.2. The first-order chi connectivity index (χ1) is 11.7. The van der Waals surface area contributed by atoms with E-state index in [9.17, 15) is 0 Å². The maximum Gasteiger partial charge on any atom is 0.192 e. The lowest BCUT2D eigenvalue weighted by atomic mass is 10.2. The number of fused-ring (bicyclic) bond motifs is 1. The minimum Gasteiger partial charge on any atom is -0.485 e. The number of nitrogens with zero attached hydrogens (tertiary/aromatic N) is 5. The lowest BCUT2D eigenvalue weighted by Gasteiger charge is -2.25. The standard InChI is InChI=1S/C14H12ClN5O2S2/c1-20-13(11-6-21-9-4-2-3-5-10(9)22-11)17-18-14(20)23-7-8-12(15)24-19-16-8/h2-5,11H,6-7H2,1H3/t11-/m0/s1. The third-order valence-corrected chi connectivity index (χ3v) is 5.53. The molecule has 3 heterocycles. The Balaban J connectivity index is 1.49. The third kappa shape index (κ3) is 2.94. The van der Waals surface area contributed by atoms with Gasteiger partial charge in [-0.2, -0.15) is 0 Å². The van der Waals surface area contributed by atoms with E-state index < -0.39 is 0 Å². The molecular formula is C14H12ClN5O2S2. The van der Waals surface area contributed by atoms with Crippen molar-refractivity contribution >= 4 is 34.9 Å². The van der Waals surface area contributed by atoms with Crippen molar-refractivity contribution in [2.45, 2.75) is 17.0 Å². The summed E-state index contributed by atoms with van der Waals surface area (Å²) in [4.78, 5) is 0. The quantitative estimate of drug-likeness (QED) is 0.642. The molecule has 1 aliphatic rings. The van der Waals surface area contributed by atoms with Crippen molar-refractivity contribution in [3.8, 4) is 11.5 Å². The Kier molecular flexibility index (Phi) is 4.30. The molecule has 0 radical (unpaired) electrons. The minimum atomic E-state index is -0.295. The molecular weight excluding hydrogens is 370 g/mol. The van der Waals surface area contributed by atoms with Crippen molar-refractivity contribution in [2.24, 2.45) is 7.05 Å². The van der Waals surface area contributed by atoms with Gasteiger partial charge in [0.1, 0.15) is 16.6 Å². The van der Waals surface area contributed by atoms with Crippen LogP contribution in [0.25, 0.3) is 0 Å². The molecule has 1 atom stereocenters. The van der Waals surface area contributed by atoms with E-state index in [-0.39, 0.29) is 6.10 Å². The van der Waals surface area contributed by atoms with Gasteiger partial charge in [0.05, 0.1) is 0 Å². The van der Waals surface area contributed by atoms with E-state index in [2.05, 4.69) is 19.8 Å². The van der Waals surface area contributed by atoms with Crippen LogP contribution in [0.3, 0.4) is 0 Å². The fourth-order valence-electron chi connectivity index (χ4n) is 2.30. The Bertz CT molecular complexity index is 868. The van der Waals surface area contributed by atoms with E-state index in [0.29, 0.717) is 22.4 Å². The molecule has 1 aromatic carbocycles. The largest absolute Gasteiger partial charge is 0.485 e. The van der Waals surface area contributed by atoms with Gasteiger partial charge in [0.25, 0.3) is 0 Å². The van der Waals surface area contributed by atoms with Gasteiger partial charge in [-0.15, -0.1) is 15.3 Å². The maximum atomic E-state index is 6.02. The average Bonchev–Trinajstić information content (AvgIpc) is 3.18. The number of hydrogen-bond donors (Lipinski definition) is 0.